The fourth-order valence-electron chi connectivity index (χ4n) is 2.51. The number of hydrogen-bond acceptors (Lipinski definition) is 3. The third kappa shape index (κ3) is 1.61. The molecule has 1 saturated heterocycles. The molecule has 1 aromatic heterocycles. The number of hydrogen-bond donors (Lipinski definition) is 1. The number of aromatic nitrogens is 1. The van der Waals surface area contributed by atoms with Gasteiger partial charge in [0.1, 0.15) is 0 Å². The van der Waals surface area contributed by atoms with Crippen LogP contribution in [0.3, 0.4) is 0 Å². The van der Waals surface area contributed by atoms with Crippen LogP contribution in [-0.2, 0) is 0 Å². The van der Waals surface area contributed by atoms with Gasteiger partial charge in [-0.25, -0.2) is 4.98 Å². The molecule has 3 rings (SSSR count). The van der Waals surface area contributed by atoms with Crippen LogP contribution in [0.2, 0.25) is 0 Å². The lowest BCUT2D eigenvalue weighted by atomic mass is 10.00. The first-order chi connectivity index (χ1) is 7.34. The van der Waals surface area contributed by atoms with Crippen molar-refractivity contribution in [2.45, 2.75) is 25.3 Å². The van der Waals surface area contributed by atoms with Crippen molar-refractivity contribution in [1.82, 2.24) is 4.98 Å². The summed E-state index contributed by atoms with van der Waals surface area (Å²) >= 11 is 3.46. The SMILES string of the molecule is Brc1cnc2c(c1)NCC1CCCCN21. The van der Waals surface area contributed by atoms with Crippen molar-refractivity contribution >= 4 is 27.4 Å². The number of fused-ring (bicyclic) bond motifs is 3. The third-order valence-electron chi connectivity index (χ3n) is 3.26. The fraction of sp³-hybridized carbons (Fsp3) is 0.545. The first-order valence-corrected chi connectivity index (χ1v) is 6.30. The standard InChI is InChI=1S/C11H14BrN3/c12-8-5-10-11(14-6-8)15-4-2-1-3-9(15)7-13-10/h5-6,9,13H,1-4,7H2. The molecule has 0 amide bonds. The molecule has 0 aliphatic carbocycles. The van der Waals surface area contributed by atoms with E-state index in [1.54, 1.807) is 0 Å². The molecule has 0 aromatic carbocycles. The second-order valence-corrected chi connectivity index (χ2v) is 5.16. The maximum Gasteiger partial charge on any atom is 0.152 e. The molecule has 0 bridgehead atoms. The van der Waals surface area contributed by atoms with Crippen molar-refractivity contribution in [1.29, 1.82) is 0 Å². The molecule has 3 heterocycles. The Hall–Kier alpha value is -0.770. The number of pyridine rings is 1. The van der Waals surface area contributed by atoms with Crippen LogP contribution in [0.1, 0.15) is 19.3 Å². The smallest absolute Gasteiger partial charge is 0.152 e. The van der Waals surface area contributed by atoms with Gasteiger partial charge < -0.3 is 10.2 Å². The molecule has 0 radical (unpaired) electrons. The Bertz CT molecular complexity index is 380. The average Bonchev–Trinajstić information content (AvgIpc) is 2.28. The van der Waals surface area contributed by atoms with Crippen LogP contribution in [0.25, 0.3) is 0 Å². The summed E-state index contributed by atoms with van der Waals surface area (Å²) < 4.78 is 1.05. The lowest BCUT2D eigenvalue weighted by molar-refractivity contribution is 0.462. The molecule has 15 heavy (non-hydrogen) atoms. The topological polar surface area (TPSA) is 28.2 Å². The zero-order chi connectivity index (χ0) is 10.3. The summed E-state index contributed by atoms with van der Waals surface area (Å²) in [6.07, 6.45) is 5.84. The zero-order valence-corrected chi connectivity index (χ0v) is 10.1. The predicted molar refractivity (Wildman–Crippen MR) is 65.4 cm³/mol. The van der Waals surface area contributed by atoms with Gasteiger partial charge in [-0.3, -0.25) is 0 Å². The predicted octanol–water partition coefficient (Wildman–Crippen LogP) is 2.63. The van der Waals surface area contributed by atoms with Crippen LogP contribution in [0.15, 0.2) is 16.7 Å². The van der Waals surface area contributed by atoms with Gasteiger partial charge in [0.25, 0.3) is 0 Å². The normalized spacial score (nSPS) is 24.1. The number of nitrogens with zero attached hydrogens (tertiary/aromatic N) is 2. The summed E-state index contributed by atoms with van der Waals surface area (Å²) in [6.45, 7) is 2.22. The quantitative estimate of drug-likeness (QED) is 0.784. The molecular weight excluding hydrogens is 254 g/mol. The Morgan fingerprint density at radius 3 is 3.33 bits per heavy atom. The Balaban J connectivity index is 1.99. The second-order valence-electron chi connectivity index (χ2n) is 4.25. The number of anilines is 2. The van der Waals surface area contributed by atoms with Crippen LogP contribution in [0.5, 0.6) is 0 Å². The highest BCUT2D eigenvalue weighted by Gasteiger charge is 2.29. The molecule has 80 valence electrons. The maximum atomic E-state index is 4.52. The Labute approximate surface area is 98.0 Å². The lowest BCUT2D eigenvalue weighted by Crippen LogP contribution is -2.47. The molecule has 1 unspecified atom stereocenters. The van der Waals surface area contributed by atoms with E-state index < -0.39 is 0 Å². The van der Waals surface area contributed by atoms with E-state index in [2.05, 4.69) is 37.2 Å². The first-order valence-electron chi connectivity index (χ1n) is 5.50. The highest BCUT2D eigenvalue weighted by atomic mass is 79.9. The Morgan fingerprint density at radius 1 is 1.47 bits per heavy atom. The Morgan fingerprint density at radius 2 is 2.40 bits per heavy atom. The highest BCUT2D eigenvalue weighted by molar-refractivity contribution is 9.10. The van der Waals surface area contributed by atoms with Crippen molar-refractivity contribution in [2.24, 2.45) is 0 Å². The van der Waals surface area contributed by atoms with E-state index in [0.29, 0.717) is 6.04 Å². The van der Waals surface area contributed by atoms with E-state index in [4.69, 9.17) is 0 Å². The van der Waals surface area contributed by atoms with Crippen LogP contribution in [0.4, 0.5) is 11.5 Å². The van der Waals surface area contributed by atoms with E-state index in [1.807, 2.05) is 6.20 Å². The second kappa shape index (κ2) is 3.67. The Kier molecular flexibility index (Phi) is 2.31. The molecule has 1 atom stereocenters. The van der Waals surface area contributed by atoms with E-state index in [9.17, 15) is 0 Å². The van der Waals surface area contributed by atoms with Gasteiger partial charge in [-0.2, -0.15) is 0 Å². The molecule has 1 fully saturated rings. The number of nitrogens with one attached hydrogen (secondary N) is 1. The molecule has 1 aromatic rings. The summed E-state index contributed by atoms with van der Waals surface area (Å²) in [5.41, 5.74) is 1.17. The van der Waals surface area contributed by atoms with Gasteiger partial charge in [-0.1, -0.05) is 0 Å². The van der Waals surface area contributed by atoms with E-state index in [-0.39, 0.29) is 0 Å². The van der Waals surface area contributed by atoms with Gasteiger partial charge >= 0.3 is 0 Å². The zero-order valence-electron chi connectivity index (χ0n) is 8.54. The maximum absolute atomic E-state index is 4.52. The summed E-state index contributed by atoms with van der Waals surface area (Å²) in [5, 5.41) is 3.47. The monoisotopic (exact) mass is 267 g/mol. The summed E-state index contributed by atoms with van der Waals surface area (Å²) in [6, 6.07) is 2.77. The minimum absolute atomic E-state index is 0.653. The molecule has 1 N–H and O–H groups in total. The minimum atomic E-state index is 0.653. The lowest BCUT2D eigenvalue weighted by Gasteiger charge is -2.41. The van der Waals surface area contributed by atoms with Crippen LogP contribution < -0.4 is 10.2 Å². The molecule has 3 nitrogen and oxygen atoms in total. The largest absolute Gasteiger partial charge is 0.380 e. The van der Waals surface area contributed by atoms with Crippen molar-refractivity contribution in [3.05, 3.63) is 16.7 Å². The van der Waals surface area contributed by atoms with Gasteiger partial charge in [-0.05, 0) is 41.3 Å². The average molecular weight is 268 g/mol. The number of piperidine rings is 1. The molecule has 0 spiro atoms. The number of rotatable bonds is 0. The summed E-state index contributed by atoms with van der Waals surface area (Å²) in [4.78, 5) is 6.98. The number of halogens is 1. The van der Waals surface area contributed by atoms with E-state index in [1.165, 1.54) is 24.9 Å². The van der Waals surface area contributed by atoms with Crippen molar-refractivity contribution in [3.8, 4) is 0 Å². The molecule has 2 aliphatic heterocycles. The van der Waals surface area contributed by atoms with Crippen LogP contribution >= 0.6 is 15.9 Å². The summed E-state index contributed by atoms with van der Waals surface area (Å²) in [5.74, 6) is 1.13. The van der Waals surface area contributed by atoms with Crippen molar-refractivity contribution in [2.75, 3.05) is 23.3 Å². The third-order valence-corrected chi connectivity index (χ3v) is 3.69. The fourth-order valence-corrected chi connectivity index (χ4v) is 2.84. The molecule has 4 heteroatoms. The first kappa shape index (κ1) is 9.46. The van der Waals surface area contributed by atoms with Gasteiger partial charge in [0.15, 0.2) is 5.82 Å². The highest BCUT2D eigenvalue weighted by Crippen LogP contribution is 2.34. The van der Waals surface area contributed by atoms with Crippen LogP contribution in [0, 0.1) is 0 Å². The molecule has 2 aliphatic rings. The van der Waals surface area contributed by atoms with E-state index >= 15 is 0 Å². The van der Waals surface area contributed by atoms with Gasteiger partial charge in [0.05, 0.1) is 5.69 Å². The summed E-state index contributed by atoms with van der Waals surface area (Å²) in [7, 11) is 0. The van der Waals surface area contributed by atoms with Gasteiger partial charge in [-0.15, -0.1) is 0 Å². The molecular formula is C11H14BrN3. The minimum Gasteiger partial charge on any atom is -0.380 e. The van der Waals surface area contributed by atoms with Gasteiger partial charge in [0.2, 0.25) is 0 Å². The van der Waals surface area contributed by atoms with Crippen molar-refractivity contribution < 1.29 is 0 Å². The van der Waals surface area contributed by atoms with Gasteiger partial charge in [0, 0.05) is 29.8 Å². The van der Waals surface area contributed by atoms with E-state index in [0.717, 1.165) is 23.4 Å². The van der Waals surface area contributed by atoms with Crippen molar-refractivity contribution in [3.63, 3.8) is 0 Å². The molecule has 0 saturated carbocycles. The van der Waals surface area contributed by atoms with Crippen LogP contribution in [-0.4, -0.2) is 24.1 Å².